The zero-order valence-electron chi connectivity index (χ0n) is 19.3. The van der Waals surface area contributed by atoms with E-state index in [0.29, 0.717) is 32.5 Å². The number of nitrogens with one attached hydrogen (secondary N) is 1. The van der Waals surface area contributed by atoms with Gasteiger partial charge in [-0.15, -0.1) is 0 Å². The number of carbonyl (C=O) groups is 2. The van der Waals surface area contributed by atoms with Crippen LogP contribution in [0.4, 0.5) is 0 Å². The minimum absolute atomic E-state index is 0.0334. The Bertz CT molecular complexity index is 833. The van der Waals surface area contributed by atoms with Gasteiger partial charge in [0.1, 0.15) is 11.8 Å². The normalized spacial score (nSPS) is 11.6. The van der Waals surface area contributed by atoms with Gasteiger partial charge in [0, 0.05) is 19.5 Å². The molecule has 1 atom stereocenters. The van der Waals surface area contributed by atoms with E-state index in [4.69, 9.17) is 4.74 Å². The van der Waals surface area contributed by atoms with E-state index in [0.717, 1.165) is 29.7 Å². The summed E-state index contributed by atoms with van der Waals surface area (Å²) in [6.07, 6.45) is 2.88. The van der Waals surface area contributed by atoms with Gasteiger partial charge in [-0.2, -0.15) is 0 Å². The van der Waals surface area contributed by atoms with E-state index in [1.165, 1.54) is 5.56 Å². The van der Waals surface area contributed by atoms with Gasteiger partial charge in [-0.3, -0.25) is 9.59 Å². The Morgan fingerprint density at radius 2 is 1.74 bits per heavy atom. The first-order valence-corrected chi connectivity index (χ1v) is 11.2. The number of hydrogen-bond donors (Lipinski definition) is 1. The third-order valence-electron chi connectivity index (χ3n) is 5.42. The Balaban J connectivity index is 1.98. The fourth-order valence-corrected chi connectivity index (χ4v) is 3.28. The molecule has 0 unspecified atom stereocenters. The van der Waals surface area contributed by atoms with Crippen LogP contribution in [0.15, 0.2) is 48.5 Å². The summed E-state index contributed by atoms with van der Waals surface area (Å²) in [4.78, 5) is 27.4. The summed E-state index contributed by atoms with van der Waals surface area (Å²) < 4.78 is 5.75. The third kappa shape index (κ3) is 8.08. The molecule has 31 heavy (non-hydrogen) atoms. The summed E-state index contributed by atoms with van der Waals surface area (Å²) in [6, 6.07) is 15.3. The molecule has 2 rings (SSSR count). The summed E-state index contributed by atoms with van der Waals surface area (Å²) in [5.41, 5.74) is 3.35. The molecule has 1 N–H and O–H groups in total. The zero-order valence-corrected chi connectivity index (χ0v) is 19.3. The van der Waals surface area contributed by atoms with Crippen LogP contribution in [0.25, 0.3) is 0 Å². The van der Waals surface area contributed by atoms with Gasteiger partial charge in [0.25, 0.3) is 0 Å². The Hall–Kier alpha value is -2.82. The summed E-state index contributed by atoms with van der Waals surface area (Å²) >= 11 is 0. The smallest absolute Gasteiger partial charge is 0.242 e. The lowest BCUT2D eigenvalue weighted by Gasteiger charge is -2.29. The van der Waals surface area contributed by atoms with Crippen LogP contribution in [0.3, 0.4) is 0 Å². The van der Waals surface area contributed by atoms with E-state index in [1.807, 2.05) is 62.4 Å². The molecule has 0 fully saturated rings. The van der Waals surface area contributed by atoms with Crippen molar-refractivity contribution in [1.29, 1.82) is 0 Å². The molecule has 0 aliphatic heterocycles. The van der Waals surface area contributed by atoms with Crippen LogP contribution in [0.2, 0.25) is 0 Å². The Labute approximate surface area is 186 Å². The van der Waals surface area contributed by atoms with Crippen LogP contribution >= 0.6 is 0 Å². The molecule has 0 aliphatic rings. The van der Waals surface area contributed by atoms with Gasteiger partial charge < -0.3 is 15.0 Å². The first-order valence-electron chi connectivity index (χ1n) is 11.2. The van der Waals surface area contributed by atoms with Crippen molar-refractivity contribution in [3.05, 3.63) is 65.2 Å². The molecule has 0 saturated carbocycles. The largest absolute Gasteiger partial charge is 0.494 e. The number of hydrogen-bond acceptors (Lipinski definition) is 3. The fourth-order valence-electron chi connectivity index (χ4n) is 3.28. The van der Waals surface area contributed by atoms with E-state index in [1.54, 1.807) is 11.8 Å². The predicted molar refractivity (Wildman–Crippen MR) is 125 cm³/mol. The highest BCUT2D eigenvalue weighted by molar-refractivity contribution is 5.87. The van der Waals surface area contributed by atoms with Crippen molar-refractivity contribution in [1.82, 2.24) is 10.2 Å². The number of rotatable bonds is 12. The standard InChI is InChI=1S/C26H36N2O3/c1-5-6-17-27-26(30)22(4)28(19-23-11-8-7-10-21(23)3)25(29)12-9-18-31-24-15-13-20(2)14-16-24/h7-8,10-11,13-16,22H,5-6,9,12,17-19H2,1-4H3,(H,27,30)/t22-/m0/s1. The monoisotopic (exact) mass is 424 g/mol. The van der Waals surface area contributed by atoms with Gasteiger partial charge in [0.15, 0.2) is 0 Å². The molecular weight excluding hydrogens is 388 g/mol. The number of amides is 2. The molecule has 2 amide bonds. The first kappa shape index (κ1) is 24.4. The first-order chi connectivity index (χ1) is 14.9. The number of carbonyl (C=O) groups excluding carboxylic acids is 2. The second kappa shape index (κ2) is 12.8. The molecule has 0 aromatic heterocycles. The van der Waals surface area contributed by atoms with Crippen LogP contribution in [-0.2, 0) is 16.1 Å². The summed E-state index contributed by atoms with van der Waals surface area (Å²) in [7, 11) is 0. The number of nitrogens with zero attached hydrogens (tertiary/aromatic N) is 1. The van der Waals surface area contributed by atoms with Gasteiger partial charge in [0.2, 0.25) is 11.8 Å². The highest BCUT2D eigenvalue weighted by Crippen LogP contribution is 2.16. The molecular formula is C26H36N2O3. The van der Waals surface area contributed by atoms with Crippen molar-refractivity contribution in [3.8, 4) is 5.75 Å². The van der Waals surface area contributed by atoms with Gasteiger partial charge in [-0.1, -0.05) is 55.3 Å². The molecule has 0 radical (unpaired) electrons. The molecule has 2 aromatic carbocycles. The molecule has 168 valence electrons. The number of benzene rings is 2. The average Bonchev–Trinajstić information content (AvgIpc) is 2.77. The minimum Gasteiger partial charge on any atom is -0.494 e. The highest BCUT2D eigenvalue weighted by atomic mass is 16.5. The topological polar surface area (TPSA) is 58.6 Å². The van der Waals surface area contributed by atoms with Crippen LogP contribution in [-0.4, -0.2) is 35.9 Å². The molecule has 2 aromatic rings. The second-order valence-electron chi connectivity index (χ2n) is 8.03. The number of unbranched alkanes of at least 4 members (excludes halogenated alkanes) is 1. The lowest BCUT2D eigenvalue weighted by atomic mass is 10.1. The van der Waals surface area contributed by atoms with Crippen LogP contribution in [0, 0.1) is 13.8 Å². The predicted octanol–water partition coefficient (Wildman–Crippen LogP) is 4.80. The molecule has 5 nitrogen and oxygen atoms in total. The SMILES string of the molecule is CCCCNC(=O)[C@H](C)N(Cc1ccccc1C)C(=O)CCCOc1ccc(C)cc1. The Morgan fingerprint density at radius 1 is 1.03 bits per heavy atom. The second-order valence-corrected chi connectivity index (χ2v) is 8.03. The number of aryl methyl sites for hydroxylation is 2. The van der Waals surface area contributed by atoms with Gasteiger partial charge in [-0.25, -0.2) is 0 Å². The lowest BCUT2D eigenvalue weighted by molar-refractivity contribution is -0.140. The molecule has 5 heteroatoms. The molecule has 0 aliphatic carbocycles. The van der Waals surface area contributed by atoms with E-state index >= 15 is 0 Å². The van der Waals surface area contributed by atoms with Crippen molar-refractivity contribution in [3.63, 3.8) is 0 Å². The molecule has 0 bridgehead atoms. The van der Waals surface area contributed by atoms with Crippen LogP contribution in [0.5, 0.6) is 5.75 Å². The third-order valence-corrected chi connectivity index (χ3v) is 5.42. The zero-order chi connectivity index (χ0) is 22.6. The van der Waals surface area contributed by atoms with Crippen molar-refractivity contribution in [2.45, 2.75) is 66.0 Å². The summed E-state index contributed by atoms with van der Waals surface area (Å²) in [5.74, 6) is 0.665. The molecule has 0 spiro atoms. The van der Waals surface area contributed by atoms with Crippen molar-refractivity contribution < 1.29 is 14.3 Å². The molecule has 0 saturated heterocycles. The fraction of sp³-hybridized carbons (Fsp3) is 0.462. The lowest BCUT2D eigenvalue weighted by Crippen LogP contribution is -2.47. The Kier molecular flexibility index (Phi) is 10.1. The maximum Gasteiger partial charge on any atom is 0.242 e. The highest BCUT2D eigenvalue weighted by Gasteiger charge is 2.26. The average molecular weight is 425 g/mol. The van der Waals surface area contributed by atoms with Crippen LogP contribution < -0.4 is 10.1 Å². The number of ether oxygens (including phenoxy) is 1. The summed E-state index contributed by atoms with van der Waals surface area (Å²) in [5, 5.41) is 2.95. The maximum absolute atomic E-state index is 13.1. The van der Waals surface area contributed by atoms with Crippen LogP contribution in [0.1, 0.15) is 56.2 Å². The Morgan fingerprint density at radius 3 is 2.42 bits per heavy atom. The molecule has 0 heterocycles. The van der Waals surface area contributed by atoms with Gasteiger partial charge >= 0.3 is 0 Å². The minimum atomic E-state index is -0.526. The van der Waals surface area contributed by atoms with E-state index in [9.17, 15) is 9.59 Å². The quantitative estimate of drug-likeness (QED) is 0.498. The van der Waals surface area contributed by atoms with Crippen molar-refractivity contribution in [2.75, 3.05) is 13.2 Å². The van der Waals surface area contributed by atoms with Gasteiger partial charge in [0.05, 0.1) is 6.61 Å². The maximum atomic E-state index is 13.1. The van der Waals surface area contributed by atoms with Crippen molar-refractivity contribution in [2.24, 2.45) is 0 Å². The van der Waals surface area contributed by atoms with E-state index in [-0.39, 0.29) is 11.8 Å². The van der Waals surface area contributed by atoms with E-state index < -0.39 is 6.04 Å². The van der Waals surface area contributed by atoms with Gasteiger partial charge in [-0.05, 0) is 56.9 Å². The van der Waals surface area contributed by atoms with Crippen molar-refractivity contribution >= 4 is 11.8 Å². The summed E-state index contributed by atoms with van der Waals surface area (Å²) in [6.45, 7) is 9.47. The van der Waals surface area contributed by atoms with E-state index in [2.05, 4.69) is 12.2 Å².